The third-order valence-electron chi connectivity index (χ3n) is 5.90. The fourth-order valence-corrected chi connectivity index (χ4v) is 5.89. The van der Waals surface area contributed by atoms with Crippen LogP contribution in [-0.4, -0.2) is 47.1 Å². The first-order valence-electron chi connectivity index (χ1n) is 10.9. The number of fused-ring (bicyclic) bond motifs is 1. The fraction of sp³-hybridized carbons (Fsp3) is 0.333. The Morgan fingerprint density at radius 2 is 1.97 bits per heavy atom. The Bertz CT molecular complexity index is 1260. The van der Waals surface area contributed by atoms with Crippen LogP contribution in [0.2, 0.25) is 0 Å². The van der Waals surface area contributed by atoms with E-state index in [1.165, 1.54) is 11.3 Å². The summed E-state index contributed by atoms with van der Waals surface area (Å²) in [6, 6.07) is 10.5. The molecule has 1 N–H and O–H groups in total. The number of thiophene rings is 1. The summed E-state index contributed by atoms with van der Waals surface area (Å²) in [5.41, 5.74) is 4.83. The first kappa shape index (κ1) is 21.9. The zero-order valence-electron chi connectivity index (χ0n) is 18.6. The van der Waals surface area contributed by atoms with E-state index in [1.54, 1.807) is 24.0 Å². The van der Waals surface area contributed by atoms with Crippen molar-refractivity contribution in [3.8, 4) is 11.1 Å². The first-order valence-corrected chi connectivity index (χ1v) is 12.7. The number of ether oxygens (including phenoxy) is 1. The molecule has 1 aliphatic heterocycles. The van der Waals surface area contributed by atoms with Crippen molar-refractivity contribution in [2.24, 2.45) is 0 Å². The Morgan fingerprint density at radius 1 is 1.18 bits per heavy atom. The van der Waals surface area contributed by atoms with Gasteiger partial charge in [-0.25, -0.2) is 15.0 Å². The lowest BCUT2D eigenvalue weighted by atomic mass is 10.0. The Hall–Kier alpha value is -2.88. The number of hydrogen-bond donors (Lipinski definition) is 1. The van der Waals surface area contributed by atoms with Gasteiger partial charge >= 0.3 is 0 Å². The molecule has 7 nitrogen and oxygen atoms in total. The van der Waals surface area contributed by atoms with E-state index in [9.17, 15) is 4.79 Å². The minimum atomic E-state index is -0.0237. The van der Waals surface area contributed by atoms with Gasteiger partial charge in [0.1, 0.15) is 22.1 Å². The molecule has 1 aliphatic rings. The van der Waals surface area contributed by atoms with Crippen LogP contribution in [0.1, 0.15) is 34.0 Å². The Kier molecular flexibility index (Phi) is 6.34. The molecule has 0 aliphatic carbocycles. The number of carbonyl (C=O) groups excluding carboxylic acids is 1. The molecular weight excluding hydrogens is 454 g/mol. The number of nitrogens with zero attached hydrogens (tertiary/aromatic N) is 4. The van der Waals surface area contributed by atoms with E-state index in [0.29, 0.717) is 17.3 Å². The average molecular weight is 480 g/mol. The molecule has 1 aromatic carbocycles. The smallest absolute Gasteiger partial charge is 0.263 e. The van der Waals surface area contributed by atoms with Crippen molar-refractivity contribution >= 4 is 44.6 Å². The van der Waals surface area contributed by atoms with E-state index >= 15 is 0 Å². The summed E-state index contributed by atoms with van der Waals surface area (Å²) in [5.74, 6) is 1.62. The van der Waals surface area contributed by atoms with Crippen molar-refractivity contribution in [1.82, 2.24) is 20.3 Å². The van der Waals surface area contributed by atoms with Crippen molar-refractivity contribution < 1.29 is 9.53 Å². The summed E-state index contributed by atoms with van der Waals surface area (Å²) < 4.78 is 5.33. The molecule has 9 heteroatoms. The maximum Gasteiger partial charge on any atom is 0.263 e. The zero-order chi connectivity index (χ0) is 22.8. The van der Waals surface area contributed by atoms with Crippen LogP contribution in [0.4, 0.5) is 5.82 Å². The molecular formula is C24H25N5O2S2. The lowest BCUT2D eigenvalue weighted by Crippen LogP contribution is -2.45. The summed E-state index contributed by atoms with van der Waals surface area (Å²) in [4.78, 5) is 30.5. The van der Waals surface area contributed by atoms with E-state index in [0.717, 1.165) is 58.8 Å². The van der Waals surface area contributed by atoms with Crippen LogP contribution < -0.4 is 10.2 Å². The number of carbonyl (C=O) groups is 1. The second-order valence-electron chi connectivity index (χ2n) is 8.09. The topological polar surface area (TPSA) is 80.2 Å². The van der Waals surface area contributed by atoms with Gasteiger partial charge in [0, 0.05) is 37.2 Å². The van der Waals surface area contributed by atoms with Gasteiger partial charge in [-0.1, -0.05) is 30.3 Å². The van der Waals surface area contributed by atoms with Gasteiger partial charge in [-0.15, -0.1) is 22.7 Å². The van der Waals surface area contributed by atoms with Gasteiger partial charge in [0.15, 0.2) is 5.82 Å². The highest BCUT2D eigenvalue weighted by Crippen LogP contribution is 2.39. The van der Waals surface area contributed by atoms with Gasteiger partial charge in [-0.2, -0.15) is 0 Å². The number of anilines is 1. The lowest BCUT2D eigenvalue weighted by molar-refractivity contribution is 0.0934. The minimum absolute atomic E-state index is 0.0237. The number of aryl methyl sites for hydroxylation is 1. The molecule has 5 rings (SSSR count). The largest absolute Gasteiger partial charge is 0.377 e. The molecule has 33 heavy (non-hydrogen) atoms. The molecule has 1 fully saturated rings. The first-order chi connectivity index (χ1) is 16.1. The van der Waals surface area contributed by atoms with E-state index in [1.807, 2.05) is 13.0 Å². The van der Waals surface area contributed by atoms with E-state index < -0.39 is 0 Å². The van der Waals surface area contributed by atoms with Crippen molar-refractivity contribution in [1.29, 1.82) is 0 Å². The predicted molar refractivity (Wildman–Crippen MR) is 133 cm³/mol. The monoisotopic (exact) mass is 479 g/mol. The molecule has 1 saturated heterocycles. The Labute approximate surface area is 200 Å². The minimum Gasteiger partial charge on any atom is -0.377 e. The number of nitrogens with one attached hydrogen (secondary N) is 1. The summed E-state index contributed by atoms with van der Waals surface area (Å²) in [7, 11) is 1.66. The lowest BCUT2D eigenvalue weighted by Gasteiger charge is -2.33. The van der Waals surface area contributed by atoms with Crippen LogP contribution in [-0.2, 0) is 11.3 Å². The second kappa shape index (κ2) is 9.54. The van der Waals surface area contributed by atoms with Gasteiger partial charge in [-0.05, 0) is 25.3 Å². The summed E-state index contributed by atoms with van der Waals surface area (Å²) in [6.07, 6.45) is 1.72. The molecule has 0 bridgehead atoms. The number of hydrogen-bond acceptors (Lipinski definition) is 8. The van der Waals surface area contributed by atoms with Crippen LogP contribution in [0.25, 0.3) is 21.3 Å². The van der Waals surface area contributed by atoms with Crippen molar-refractivity contribution in [3.63, 3.8) is 0 Å². The van der Waals surface area contributed by atoms with Gasteiger partial charge in [-0.3, -0.25) is 4.79 Å². The maximum absolute atomic E-state index is 12.6. The van der Waals surface area contributed by atoms with Crippen LogP contribution in [0.15, 0.2) is 41.2 Å². The molecule has 4 heterocycles. The van der Waals surface area contributed by atoms with E-state index in [4.69, 9.17) is 14.7 Å². The highest BCUT2D eigenvalue weighted by Gasteiger charge is 2.26. The maximum atomic E-state index is 12.6. The number of benzene rings is 1. The third kappa shape index (κ3) is 4.48. The second-order valence-corrected chi connectivity index (χ2v) is 9.81. The van der Waals surface area contributed by atoms with E-state index in [2.05, 4.69) is 44.8 Å². The van der Waals surface area contributed by atoms with Gasteiger partial charge in [0.05, 0.1) is 16.6 Å². The molecule has 170 valence electrons. The molecule has 1 amide bonds. The Balaban J connectivity index is 1.40. The van der Waals surface area contributed by atoms with E-state index in [-0.39, 0.29) is 11.9 Å². The molecule has 0 atom stereocenters. The van der Waals surface area contributed by atoms with Gasteiger partial charge < -0.3 is 15.0 Å². The normalized spacial score (nSPS) is 14.7. The molecule has 3 aromatic heterocycles. The molecule has 0 spiro atoms. The van der Waals surface area contributed by atoms with Crippen molar-refractivity contribution in [3.05, 3.63) is 57.6 Å². The van der Waals surface area contributed by atoms with Crippen LogP contribution in [0.5, 0.6) is 0 Å². The SMILES string of the molecule is COCc1nc(N2CCC(NC(=O)c3scnc3C)CC2)c2c(-c3ccccc3)csc2n1. The summed E-state index contributed by atoms with van der Waals surface area (Å²) >= 11 is 3.03. The number of amides is 1. The highest BCUT2D eigenvalue weighted by molar-refractivity contribution is 7.17. The number of rotatable bonds is 6. The van der Waals surface area contributed by atoms with Crippen LogP contribution in [0.3, 0.4) is 0 Å². The molecule has 0 radical (unpaired) electrons. The highest BCUT2D eigenvalue weighted by atomic mass is 32.1. The standard InChI is InChI=1S/C24H25N5O2S2/c1-15-21(33-14-25-15)23(30)26-17-8-10-29(11-9-17)22-20-18(16-6-4-3-5-7-16)13-32-24(20)28-19(27-22)12-31-2/h3-7,13-14,17H,8-12H2,1-2H3,(H,26,30). The fourth-order valence-electron chi connectivity index (χ4n) is 4.23. The number of aromatic nitrogens is 3. The molecule has 4 aromatic rings. The van der Waals surface area contributed by atoms with Crippen molar-refractivity contribution in [2.75, 3.05) is 25.1 Å². The zero-order valence-corrected chi connectivity index (χ0v) is 20.2. The van der Waals surface area contributed by atoms with Gasteiger partial charge in [0.25, 0.3) is 5.91 Å². The third-order valence-corrected chi connectivity index (χ3v) is 7.70. The molecule has 0 unspecified atom stereocenters. The van der Waals surface area contributed by atoms with Crippen LogP contribution >= 0.6 is 22.7 Å². The van der Waals surface area contributed by atoms with Crippen LogP contribution in [0, 0.1) is 6.92 Å². The summed E-state index contributed by atoms with van der Waals surface area (Å²) in [5, 5.41) is 6.45. The number of methoxy groups -OCH3 is 1. The Morgan fingerprint density at radius 3 is 2.67 bits per heavy atom. The van der Waals surface area contributed by atoms with Crippen molar-refractivity contribution in [2.45, 2.75) is 32.4 Å². The van der Waals surface area contributed by atoms with Gasteiger partial charge in [0.2, 0.25) is 0 Å². The quantitative estimate of drug-likeness (QED) is 0.433. The number of piperidine rings is 1. The average Bonchev–Trinajstić information content (AvgIpc) is 3.46. The summed E-state index contributed by atoms with van der Waals surface area (Å²) in [6.45, 7) is 3.88. The number of thiazole rings is 1. The predicted octanol–water partition coefficient (Wildman–Crippen LogP) is 4.67. The molecule has 0 saturated carbocycles.